The lowest BCUT2D eigenvalue weighted by Gasteiger charge is -2.37. The fraction of sp³-hybridized carbons (Fsp3) is 0.368. The normalized spacial score (nSPS) is 17.1. The lowest BCUT2D eigenvalue weighted by Crippen LogP contribution is -2.51. The Balaban J connectivity index is 0.000000122. The molecule has 9 aromatic carbocycles. The van der Waals surface area contributed by atoms with Gasteiger partial charge < -0.3 is 70.4 Å². The van der Waals surface area contributed by atoms with Crippen molar-refractivity contribution < 1.29 is 17.5 Å². The molecule has 6 fully saturated rings. The van der Waals surface area contributed by atoms with Crippen molar-refractivity contribution in [1.29, 1.82) is 0 Å². The molecule has 6 aliphatic rings. The molecular weight excluding hydrogens is 1640 g/mol. The van der Waals surface area contributed by atoms with Crippen LogP contribution in [-0.4, -0.2) is 221 Å². The van der Waals surface area contributed by atoms with Crippen molar-refractivity contribution in [2.24, 2.45) is 5.11 Å². The zero-order valence-corrected chi connectivity index (χ0v) is 76.3. The number of H-pyrrole nitrogens is 4. The fourth-order valence-electron chi connectivity index (χ4n) is 19.3. The van der Waals surface area contributed by atoms with Gasteiger partial charge in [-0.3, -0.25) is 14.8 Å². The first-order valence-corrected chi connectivity index (χ1v) is 48.9. The first-order chi connectivity index (χ1) is 63.7. The lowest BCUT2D eigenvalue weighted by atomic mass is 10.0. The molecule has 0 spiro atoms. The number of ether oxygens (including phenoxy) is 1. The summed E-state index contributed by atoms with van der Waals surface area (Å²) < 4.78 is 42.0. The molecule has 20 rings (SSSR count). The van der Waals surface area contributed by atoms with Crippen LogP contribution < -0.4 is 45.6 Å². The van der Waals surface area contributed by atoms with E-state index in [2.05, 4.69) is 292 Å². The molecule has 0 bridgehead atoms. The van der Waals surface area contributed by atoms with Gasteiger partial charge in [0.2, 0.25) is 0 Å². The van der Waals surface area contributed by atoms with Crippen molar-refractivity contribution in [2.45, 2.75) is 108 Å². The van der Waals surface area contributed by atoms with E-state index in [1.54, 1.807) is 19.2 Å². The van der Waals surface area contributed by atoms with Crippen LogP contribution in [0.2, 0.25) is 0 Å². The molecular formula is C106H126FN19O3S. The van der Waals surface area contributed by atoms with Gasteiger partial charge in [0.15, 0.2) is 9.84 Å². The number of pyridine rings is 1. The summed E-state index contributed by atoms with van der Waals surface area (Å²) in [7, 11) is -1.08. The van der Waals surface area contributed by atoms with E-state index in [0.29, 0.717) is 60.5 Å². The number of sulfone groups is 1. The maximum absolute atomic E-state index is 13.5. The van der Waals surface area contributed by atoms with Crippen molar-refractivity contribution in [3.05, 3.63) is 282 Å². The first kappa shape index (κ1) is 90.2. The Morgan fingerprint density at radius 3 is 1.29 bits per heavy atom. The zero-order valence-electron chi connectivity index (χ0n) is 75.5. The molecule has 5 aromatic heterocycles. The standard InChI is InChI=1S/C29H41N5O.C26H25FN6.C26H28N4.C25H32N4O2S/c1-22(2)33-17-15-32(16-18-33)14-11-30-25-9-12-34(13-10-25)26-6-4-5-23(19-26)29-21-24-20-27(35-3)7-8-28(24)31-29;27-21-7-8-25-20(14-21)16-26(30-25)19-4-2-6-24(15-19)33-11-9-22(10-12-33)29-17-18-3-1-5-23(13-18)31-32-28;1-2-10-25-21(6-1)19-26(29-25)20-7-5-9-24(18-20)30-16-12-23(13-17-30)28-15-11-22-8-3-4-14-27-22;30-32(31)16-14-28(15-17-32)13-10-26-22-8-11-29(12-9-22)23-6-3-5-20(18-23)25-19-21-4-1-2-7-24(21)27-25/h4-8,19-22,25,30-31H,9-18H2,1-3H3;1-8,13-16,22,29-30H,9-12,17H2;1-10,14,18-19,23,28-29H,11-13,15-17H2;1-7,18-19,22,26-27H,8-17H2. The molecule has 676 valence electrons. The van der Waals surface area contributed by atoms with E-state index in [-0.39, 0.29) is 5.82 Å². The van der Waals surface area contributed by atoms with Crippen LogP contribution >= 0.6 is 0 Å². The minimum atomic E-state index is -2.79. The molecule has 6 saturated heterocycles. The third-order valence-electron chi connectivity index (χ3n) is 27.0. The number of piperazine rings is 1. The predicted octanol–water partition coefficient (Wildman–Crippen LogP) is 19.3. The van der Waals surface area contributed by atoms with Gasteiger partial charge in [-0.1, -0.05) is 114 Å². The summed E-state index contributed by atoms with van der Waals surface area (Å²) in [6.07, 6.45) is 12.0. The van der Waals surface area contributed by atoms with Gasteiger partial charge >= 0.3 is 0 Å². The number of benzene rings is 9. The average molecular weight is 1770 g/mol. The number of aromatic amines is 4. The Bertz CT molecular complexity index is 6080. The minimum absolute atomic E-state index is 0.221. The molecule has 0 radical (unpaired) electrons. The molecule has 0 amide bonds. The molecule has 6 aliphatic heterocycles. The highest BCUT2D eigenvalue weighted by Crippen LogP contribution is 2.36. The number of fused-ring (bicyclic) bond motifs is 4. The van der Waals surface area contributed by atoms with Gasteiger partial charge in [0.05, 0.1) is 18.6 Å². The summed E-state index contributed by atoms with van der Waals surface area (Å²) >= 11 is 0. The van der Waals surface area contributed by atoms with E-state index in [0.717, 1.165) is 173 Å². The molecule has 22 nitrogen and oxygen atoms in total. The Morgan fingerprint density at radius 2 is 0.846 bits per heavy atom. The monoisotopic (exact) mass is 1760 g/mol. The van der Waals surface area contributed by atoms with Crippen LogP contribution in [0.5, 0.6) is 5.75 Å². The second-order valence-corrected chi connectivity index (χ2v) is 38.3. The third kappa shape index (κ3) is 24.2. The van der Waals surface area contributed by atoms with Crippen molar-refractivity contribution >= 4 is 81.9 Å². The summed E-state index contributed by atoms with van der Waals surface area (Å²) in [5.41, 5.74) is 30.4. The highest BCUT2D eigenvalue weighted by molar-refractivity contribution is 7.91. The quantitative estimate of drug-likeness (QED) is 0.0143. The molecule has 0 atom stereocenters. The Kier molecular flexibility index (Phi) is 30.3. The van der Waals surface area contributed by atoms with Crippen molar-refractivity contribution in [1.82, 2.24) is 60.9 Å². The Hall–Kier alpha value is -11.8. The number of piperidine rings is 4. The zero-order chi connectivity index (χ0) is 89.0. The molecule has 0 unspecified atom stereocenters. The van der Waals surface area contributed by atoms with Gasteiger partial charge in [-0.2, -0.15) is 0 Å². The molecule has 8 N–H and O–H groups in total. The second kappa shape index (κ2) is 43.7. The molecule has 0 saturated carbocycles. The molecule has 0 aliphatic carbocycles. The molecule has 24 heteroatoms. The van der Waals surface area contributed by atoms with Crippen LogP contribution in [0.3, 0.4) is 0 Å². The number of aromatic nitrogens is 5. The Labute approximate surface area is 764 Å². The van der Waals surface area contributed by atoms with E-state index in [9.17, 15) is 12.8 Å². The minimum Gasteiger partial charge on any atom is -0.497 e. The number of hydrogen-bond donors (Lipinski definition) is 8. The summed E-state index contributed by atoms with van der Waals surface area (Å²) in [5.74, 6) is 1.29. The highest BCUT2D eigenvalue weighted by Gasteiger charge is 2.28. The maximum atomic E-state index is 13.5. The number of anilines is 4. The van der Waals surface area contributed by atoms with Crippen molar-refractivity contribution in [3.8, 4) is 50.8 Å². The van der Waals surface area contributed by atoms with Crippen molar-refractivity contribution in [3.63, 3.8) is 0 Å². The fourth-order valence-corrected chi connectivity index (χ4v) is 20.6. The summed E-state index contributed by atoms with van der Waals surface area (Å²) in [6.45, 7) is 25.2. The van der Waals surface area contributed by atoms with Gasteiger partial charge in [0.1, 0.15) is 11.6 Å². The van der Waals surface area contributed by atoms with Crippen LogP contribution in [0.25, 0.3) is 99.1 Å². The molecule has 14 aromatic rings. The van der Waals surface area contributed by atoms with Gasteiger partial charge in [-0.05, 0) is 238 Å². The summed E-state index contributed by atoms with van der Waals surface area (Å²) in [4.78, 5) is 38.8. The summed E-state index contributed by atoms with van der Waals surface area (Å²) in [6, 6.07) is 88.5. The van der Waals surface area contributed by atoms with Crippen LogP contribution in [0.1, 0.15) is 76.5 Å². The molecule has 130 heavy (non-hydrogen) atoms. The van der Waals surface area contributed by atoms with E-state index >= 15 is 0 Å². The van der Waals surface area contributed by atoms with E-state index in [1.807, 2.05) is 48.7 Å². The average Bonchev–Trinajstić information content (AvgIpc) is 1.51. The van der Waals surface area contributed by atoms with E-state index in [1.165, 1.54) is 137 Å². The number of nitrogens with zero attached hydrogens (tertiary/aromatic N) is 11. The highest BCUT2D eigenvalue weighted by atomic mass is 32.2. The number of azide groups is 1. The van der Waals surface area contributed by atoms with Gasteiger partial charge in [-0.25, -0.2) is 12.8 Å². The van der Waals surface area contributed by atoms with Gasteiger partial charge in [-0.15, -0.1) is 0 Å². The Morgan fingerprint density at radius 1 is 0.431 bits per heavy atom. The lowest BCUT2D eigenvalue weighted by molar-refractivity contribution is 0.108. The number of rotatable bonds is 26. The van der Waals surface area contributed by atoms with Gasteiger partial charge in [0, 0.05) is 279 Å². The summed E-state index contributed by atoms with van der Waals surface area (Å²) in [5, 5.41) is 23.1. The first-order valence-electron chi connectivity index (χ1n) is 47.1. The maximum Gasteiger partial charge on any atom is 0.152 e. The van der Waals surface area contributed by atoms with E-state index < -0.39 is 9.84 Å². The SMILES string of the molecule is COc1ccc2[nH]c(-c3cccc(N4CCC(NCCN5CCN(C(C)C)CC5)CC4)c3)cc2c1.O=S1(=O)CCN(CCNC2CCN(c3cccc(-c4cc5ccccc5[nH]4)c3)CC2)CC1.[N-]=[N+]=Nc1cccc(CNC2CCN(c3cccc(-c4cc5cc(F)ccc5[nH]4)c3)CC2)c1.c1ccc(CCNC2CCN(c3cccc(-c4cc5ccccc5[nH]4)c3)CC2)nc1. The smallest absolute Gasteiger partial charge is 0.152 e. The van der Waals surface area contributed by atoms with Crippen molar-refractivity contribution in [2.75, 3.05) is 163 Å². The van der Waals surface area contributed by atoms with E-state index in [4.69, 9.17) is 10.3 Å². The van der Waals surface area contributed by atoms with Crippen LogP contribution in [0.15, 0.2) is 260 Å². The number of hydrogen-bond acceptors (Lipinski definition) is 16. The largest absolute Gasteiger partial charge is 0.497 e. The van der Waals surface area contributed by atoms with Gasteiger partial charge in [0.25, 0.3) is 0 Å². The third-order valence-corrected chi connectivity index (χ3v) is 28.7. The molecule has 11 heterocycles. The predicted molar refractivity (Wildman–Crippen MR) is 535 cm³/mol. The van der Waals surface area contributed by atoms with Crippen LogP contribution in [0.4, 0.5) is 32.8 Å². The number of nitrogens with one attached hydrogen (secondary N) is 8. The number of halogens is 1. The number of para-hydroxylation sites is 2. The van der Waals surface area contributed by atoms with Crippen LogP contribution in [-0.2, 0) is 22.8 Å². The number of methoxy groups -OCH3 is 1. The second-order valence-electron chi connectivity index (χ2n) is 36.0. The van der Waals surface area contributed by atoms with Crippen LogP contribution in [0, 0.1) is 5.82 Å². The topological polar surface area (TPSA) is 239 Å².